The van der Waals surface area contributed by atoms with Crippen molar-refractivity contribution in [1.82, 2.24) is 0 Å². The Labute approximate surface area is 114 Å². The van der Waals surface area contributed by atoms with Crippen LogP contribution in [0.4, 0.5) is 0 Å². The van der Waals surface area contributed by atoms with Crippen LogP contribution in [0.3, 0.4) is 0 Å². The molecule has 1 atom stereocenters. The number of para-hydroxylation sites is 1. The van der Waals surface area contributed by atoms with Gasteiger partial charge in [-0.2, -0.15) is 0 Å². The third-order valence-electron chi connectivity index (χ3n) is 3.22. The average Bonchev–Trinajstić information content (AvgIpc) is 2.42. The fraction of sp³-hybridized carbons (Fsp3) is 0.533. The lowest BCUT2D eigenvalue weighted by Gasteiger charge is -2.14. The summed E-state index contributed by atoms with van der Waals surface area (Å²) in [5.41, 5.74) is 0.930. The van der Waals surface area contributed by atoms with Gasteiger partial charge in [0.25, 0.3) is 0 Å². The molecule has 0 aliphatic carbocycles. The SMILES string of the molecule is COc1ccccc1CC(CCCCCO)C(=O)O. The van der Waals surface area contributed by atoms with Gasteiger partial charge in [-0.3, -0.25) is 4.79 Å². The fourth-order valence-electron chi connectivity index (χ4n) is 2.13. The second-order valence-corrected chi connectivity index (χ2v) is 4.62. The maximum Gasteiger partial charge on any atom is 0.306 e. The van der Waals surface area contributed by atoms with Crippen LogP contribution in [0.25, 0.3) is 0 Å². The van der Waals surface area contributed by atoms with Crippen LogP contribution in [0.2, 0.25) is 0 Å². The molecule has 1 rings (SSSR count). The van der Waals surface area contributed by atoms with Gasteiger partial charge in [-0.15, -0.1) is 0 Å². The van der Waals surface area contributed by atoms with Crippen LogP contribution < -0.4 is 4.74 Å². The number of aliphatic hydroxyl groups excluding tert-OH is 1. The predicted molar refractivity (Wildman–Crippen MR) is 73.4 cm³/mol. The van der Waals surface area contributed by atoms with E-state index in [1.807, 2.05) is 24.3 Å². The van der Waals surface area contributed by atoms with Crippen molar-refractivity contribution in [2.24, 2.45) is 5.92 Å². The molecular formula is C15H22O4. The predicted octanol–water partition coefficient (Wildman–Crippen LogP) is 2.49. The Morgan fingerprint density at radius 1 is 1.26 bits per heavy atom. The van der Waals surface area contributed by atoms with Gasteiger partial charge >= 0.3 is 5.97 Å². The molecule has 4 heteroatoms. The zero-order valence-electron chi connectivity index (χ0n) is 11.3. The summed E-state index contributed by atoms with van der Waals surface area (Å²) in [4.78, 5) is 11.3. The van der Waals surface area contributed by atoms with Crippen molar-refractivity contribution in [2.45, 2.75) is 32.1 Å². The first kappa shape index (κ1) is 15.5. The minimum atomic E-state index is -0.769. The first-order chi connectivity index (χ1) is 9.19. The topological polar surface area (TPSA) is 66.8 Å². The first-order valence-corrected chi connectivity index (χ1v) is 6.64. The number of methoxy groups -OCH3 is 1. The minimum absolute atomic E-state index is 0.171. The molecule has 0 fully saturated rings. The van der Waals surface area contributed by atoms with Gasteiger partial charge in [-0.05, 0) is 30.9 Å². The number of rotatable bonds is 9. The highest BCUT2D eigenvalue weighted by molar-refractivity contribution is 5.70. The summed E-state index contributed by atoms with van der Waals surface area (Å²) in [6.07, 6.45) is 3.55. The first-order valence-electron chi connectivity index (χ1n) is 6.64. The van der Waals surface area contributed by atoms with Crippen LogP contribution in [-0.2, 0) is 11.2 Å². The Bertz CT molecular complexity index is 389. The molecule has 106 valence electrons. The molecular weight excluding hydrogens is 244 g/mol. The third-order valence-corrected chi connectivity index (χ3v) is 3.22. The van der Waals surface area contributed by atoms with E-state index < -0.39 is 11.9 Å². The molecule has 0 saturated heterocycles. The van der Waals surface area contributed by atoms with Gasteiger partial charge in [-0.1, -0.05) is 31.0 Å². The number of carboxylic acid groups (broad SMARTS) is 1. The molecule has 0 aliphatic heterocycles. The van der Waals surface area contributed by atoms with Gasteiger partial charge in [0.2, 0.25) is 0 Å². The summed E-state index contributed by atoms with van der Waals surface area (Å²) >= 11 is 0. The number of unbranched alkanes of at least 4 members (excludes halogenated alkanes) is 2. The molecule has 0 spiro atoms. The van der Waals surface area contributed by atoms with Crippen LogP contribution in [-0.4, -0.2) is 29.9 Å². The summed E-state index contributed by atoms with van der Waals surface area (Å²) in [5.74, 6) is -0.422. The lowest BCUT2D eigenvalue weighted by atomic mass is 9.93. The molecule has 19 heavy (non-hydrogen) atoms. The summed E-state index contributed by atoms with van der Waals surface area (Å²) in [6.45, 7) is 0.171. The van der Waals surface area contributed by atoms with Crippen LogP contribution >= 0.6 is 0 Å². The standard InChI is InChI=1S/C15H22O4/c1-19-14-9-5-4-7-12(14)11-13(15(17)18)8-3-2-6-10-16/h4-5,7,9,13,16H,2-3,6,8,10-11H2,1H3,(H,17,18). The van der Waals surface area contributed by atoms with Crippen molar-refractivity contribution >= 4 is 5.97 Å². The number of carbonyl (C=O) groups is 1. The van der Waals surface area contributed by atoms with Crippen molar-refractivity contribution < 1.29 is 19.7 Å². The molecule has 2 N–H and O–H groups in total. The second kappa shape index (κ2) is 8.53. The Balaban J connectivity index is 2.60. The molecule has 0 radical (unpaired) electrons. The Kier molecular flexibility index (Phi) is 6.97. The maximum absolute atomic E-state index is 11.3. The Morgan fingerprint density at radius 2 is 2.00 bits per heavy atom. The molecule has 0 saturated carbocycles. The number of carboxylic acids is 1. The van der Waals surface area contributed by atoms with E-state index in [1.54, 1.807) is 7.11 Å². The highest BCUT2D eigenvalue weighted by Crippen LogP contribution is 2.23. The number of aliphatic hydroxyl groups is 1. The largest absolute Gasteiger partial charge is 0.496 e. The van der Waals surface area contributed by atoms with E-state index in [-0.39, 0.29) is 6.61 Å². The third kappa shape index (κ3) is 5.30. The number of benzene rings is 1. The Hall–Kier alpha value is -1.55. The van der Waals surface area contributed by atoms with Crippen molar-refractivity contribution in [1.29, 1.82) is 0 Å². The fourth-order valence-corrected chi connectivity index (χ4v) is 2.13. The highest BCUT2D eigenvalue weighted by atomic mass is 16.5. The van der Waals surface area contributed by atoms with Crippen molar-refractivity contribution in [2.75, 3.05) is 13.7 Å². The normalized spacial score (nSPS) is 12.1. The average molecular weight is 266 g/mol. The van der Waals surface area contributed by atoms with E-state index in [0.29, 0.717) is 12.8 Å². The van der Waals surface area contributed by atoms with Gasteiger partial charge in [0.1, 0.15) is 5.75 Å². The molecule has 0 amide bonds. The Morgan fingerprint density at radius 3 is 2.63 bits per heavy atom. The van der Waals surface area contributed by atoms with Gasteiger partial charge in [-0.25, -0.2) is 0 Å². The minimum Gasteiger partial charge on any atom is -0.496 e. The lowest BCUT2D eigenvalue weighted by molar-refractivity contribution is -0.142. The number of hydrogen-bond acceptors (Lipinski definition) is 3. The van der Waals surface area contributed by atoms with Gasteiger partial charge < -0.3 is 14.9 Å². The van der Waals surface area contributed by atoms with E-state index in [2.05, 4.69) is 0 Å². The van der Waals surface area contributed by atoms with Crippen molar-refractivity contribution in [3.63, 3.8) is 0 Å². The van der Waals surface area contributed by atoms with Gasteiger partial charge in [0, 0.05) is 6.61 Å². The number of aliphatic carboxylic acids is 1. The van der Waals surface area contributed by atoms with Crippen molar-refractivity contribution in [3.8, 4) is 5.75 Å². The molecule has 1 aromatic carbocycles. The molecule has 0 heterocycles. The summed E-state index contributed by atoms with van der Waals surface area (Å²) in [7, 11) is 1.59. The van der Waals surface area contributed by atoms with Crippen LogP contribution in [0, 0.1) is 5.92 Å². The zero-order valence-corrected chi connectivity index (χ0v) is 11.3. The van der Waals surface area contributed by atoms with Crippen LogP contribution in [0.5, 0.6) is 5.75 Å². The summed E-state index contributed by atoms with van der Waals surface area (Å²) in [5, 5.41) is 18.0. The van der Waals surface area contributed by atoms with E-state index in [9.17, 15) is 9.90 Å². The quantitative estimate of drug-likeness (QED) is 0.674. The van der Waals surface area contributed by atoms with Crippen LogP contribution in [0.1, 0.15) is 31.2 Å². The smallest absolute Gasteiger partial charge is 0.306 e. The number of ether oxygens (including phenoxy) is 1. The van der Waals surface area contributed by atoms with Crippen molar-refractivity contribution in [3.05, 3.63) is 29.8 Å². The second-order valence-electron chi connectivity index (χ2n) is 4.62. The van der Waals surface area contributed by atoms with E-state index >= 15 is 0 Å². The summed E-state index contributed by atoms with van der Waals surface area (Å²) in [6, 6.07) is 7.52. The lowest BCUT2D eigenvalue weighted by Crippen LogP contribution is -2.17. The molecule has 1 aromatic rings. The molecule has 0 aromatic heterocycles. The monoisotopic (exact) mass is 266 g/mol. The van der Waals surface area contributed by atoms with Gasteiger partial charge in [0.05, 0.1) is 13.0 Å². The van der Waals surface area contributed by atoms with Crippen LogP contribution in [0.15, 0.2) is 24.3 Å². The summed E-state index contributed by atoms with van der Waals surface area (Å²) < 4.78 is 5.24. The molecule has 1 unspecified atom stereocenters. The zero-order chi connectivity index (χ0) is 14.1. The van der Waals surface area contributed by atoms with E-state index in [4.69, 9.17) is 9.84 Å². The molecule has 0 aliphatic rings. The molecule has 4 nitrogen and oxygen atoms in total. The highest BCUT2D eigenvalue weighted by Gasteiger charge is 2.19. The van der Waals surface area contributed by atoms with E-state index in [1.165, 1.54) is 0 Å². The van der Waals surface area contributed by atoms with E-state index in [0.717, 1.165) is 30.6 Å². The van der Waals surface area contributed by atoms with Gasteiger partial charge in [0.15, 0.2) is 0 Å². The number of hydrogen-bond donors (Lipinski definition) is 2. The maximum atomic E-state index is 11.3. The molecule has 0 bridgehead atoms.